The third-order valence-electron chi connectivity index (χ3n) is 6.29. The summed E-state index contributed by atoms with van der Waals surface area (Å²) in [6, 6.07) is 9.41. The molecule has 1 aliphatic heterocycles. The number of piperidine rings is 1. The molecular weight excluding hydrogens is 437 g/mol. The minimum Gasteiger partial charge on any atom is -0.420 e. The summed E-state index contributed by atoms with van der Waals surface area (Å²) in [6.07, 6.45) is 2.92. The van der Waals surface area contributed by atoms with Gasteiger partial charge in [0.1, 0.15) is 17.0 Å². The molecule has 34 heavy (non-hydrogen) atoms. The van der Waals surface area contributed by atoms with Gasteiger partial charge in [-0.1, -0.05) is 0 Å². The minimum absolute atomic E-state index is 0.0156. The second-order valence-corrected chi connectivity index (χ2v) is 8.50. The lowest BCUT2D eigenvalue weighted by molar-refractivity contribution is 0.0704. The average molecular weight is 461 g/mol. The zero-order chi connectivity index (χ0) is 23.8. The maximum atomic E-state index is 13.3. The molecule has 0 unspecified atom stereocenters. The molecule has 1 fully saturated rings. The lowest BCUT2D eigenvalue weighted by atomic mass is 9.96. The van der Waals surface area contributed by atoms with E-state index in [-0.39, 0.29) is 28.6 Å². The lowest BCUT2D eigenvalue weighted by Gasteiger charge is -2.30. The van der Waals surface area contributed by atoms with Gasteiger partial charge >= 0.3 is 0 Å². The Kier molecular flexibility index (Phi) is 5.69. The van der Waals surface area contributed by atoms with Gasteiger partial charge in [0.25, 0.3) is 5.91 Å². The van der Waals surface area contributed by atoms with Crippen LogP contribution in [0.15, 0.2) is 51.8 Å². The summed E-state index contributed by atoms with van der Waals surface area (Å²) in [6.45, 7) is 5.39. The maximum Gasteiger partial charge on any atom is 0.259 e. The molecule has 9 heteroatoms. The summed E-state index contributed by atoms with van der Waals surface area (Å²) in [7, 11) is 0. The molecule has 3 aromatic heterocycles. The highest BCUT2D eigenvalue weighted by Gasteiger charge is 2.29. The molecule has 1 amide bonds. The van der Waals surface area contributed by atoms with Crippen LogP contribution in [0.5, 0.6) is 0 Å². The van der Waals surface area contributed by atoms with Gasteiger partial charge in [0, 0.05) is 43.0 Å². The monoisotopic (exact) mass is 461 g/mol. The molecule has 0 atom stereocenters. The predicted octanol–water partition coefficient (Wildman–Crippen LogP) is 3.93. The molecule has 0 N–H and O–H groups in total. The number of rotatable bonds is 4. The largest absolute Gasteiger partial charge is 0.420 e. The first-order valence-electron chi connectivity index (χ1n) is 11.3. The Hall–Kier alpha value is -3.88. The van der Waals surface area contributed by atoms with Crippen molar-refractivity contribution in [3.8, 4) is 11.5 Å². The van der Waals surface area contributed by atoms with Crippen molar-refractivity contribution in [3.05, 3.63) is 75.8 Å². The molecule has 0 saturated carbocycles. The van der Waals surface area contributed by atoms with Gasteiger partial charge in [0.05, 0.1) is 5.39 Å². The molecular formula is C25H24FN5O3. The van der Waals surface area contributed by atoms with Crippen LogP contribution in [-0.4, -0.2) is 43.6 Å². The quantitative estimate of drug-likeness (QED) is 0.457. The summed E-state index contributed by atoms with van der Waals surface area (Å²) < 4.78 is 20.8. The number of pyridine rings is 2. The Balaban J connectivity index is 1.33. The highest BCUT2D eigenvalue weighted by molar-refractivity contribution is 5.97. The Labute approximate surface area is 195 Å². The number of aryl methyl sites for hydroxylation is 2. The van der Waals surface area contributed by atoms with E-state index in [1.165, 1.54) is 12.1 Å². The van der Waals surface area contributed by atoms with Gasteiger partial charge in [-0.3, -0.25) is 9.59 Å². The SMILES string of the molecule is CCn1cc(C(=O)N2CCC(c3nnc(-c4ccc(F)cc4)o3)CC2)c(=O)c2ccc(C)nc21. The van der Waals surface area contributed by atoms with Crippen molar-refractivity contribution in [3.63, 3.8) is 0 Å². The first kappa shape index (κ1) is 21.9. The Morgan fingerprint density at radius 2 is 1.85 bits per heavy atom. The van der Waals surface area contributed by atoms with Gasteiger partial charge in [-0.2, -0.15) is 0 Å². The van der Waals surface area contributed by atoms with Gasteiger partial charge in [-0.25, -0.2) is 9.37 Å². The second-order valence-electron chi connectivity index (χ2n) is 8.50. The first-order chi connectivity index (χ1) is 16.4. The summed E-state index contributed by atoms with van der Waals surface area (Å²) in [5.41, 5.74) is 1.94. The Morgan fingerprint density at radius 3 is 2.56 bits per heavy atom. The molecule has 1 aliphatic rings. The van der Waals surface area contributed by atoms with Crippen molar-refractivity contribution in [1.29, 1.82) is 0 Å². The van der Waals surface area contributed by atoms with Crippen LogP contribution in [0.25, 0.3) is 22.5 Å². The molecule has 0 radical (unpaired) electrons. The van der Waals surface area contributed by atoms with E-state index in [9.17, 15) is 14.0 Å². The molecule has 174 valence electrons. The number of hydrogen-bond acceptors (Lipinski definition) is 6. The van der Waals surface area contributed by atoms with Crippen LogP contribution in [0.3, 0.4) is 0 Å². The van der Waals surface area contributed by atoms with Crippen LogP contribution >= 0.6 is 0 Å². The van der Waals surface area contributed by atoms with E-state index >= 15 is 0 Å². The number of halogens is 1. The third kappa shape index (κ3) is 3.98. The molecule has 5 rings (SSSR count). The molecule has 4 aromatic rings. The molecule has 1 aromatic carbocycles. The molecule has 8 nitrogen and oxygen atoms in total. The number of amides is 1. The Morgan fingerprint density at radius 1 is 1.12 bits per heavy atom. The third-order valence-corrected chi connectivity index (χ3v) is 6.29. The van der Waals surface area contributed by atoms with E-state index in [0.717, 1.165) is 5.69 Å². The van der Waals surface area contributed by atoms with E-state index in [4.69, 9.17) is 4.42 Å². The van der Waals surface area contributed by atoms with Crippen LogP contribution in [0.2, 0.25) is 0 Å². The van der Waals surface area contributed by atoms with Crippen molar-refractivity contribution < 1.29 is 13.6 Å². The van der Waals surface area contributed by atoms with Crippen molar-refractivity contribution in [2.45, 2.75) is 39.2 Å². The van der Waals surface area contributed by atoms with E-state index in [0.29, 0.717) is 60.9 Å². The first-order valence-corrected chi connectivity index (χ1v) is 11.3. The summed E-state index contributed by atoms with van der Waals surface area (Å²) >= 11 is 0. The van der Waals surface area contributed by atoms with Crippen molar-refractivity contribution in [1.82, 2.24) is 24.6 Å². The highest BCUT2D eigenvalue weighted by Crippen LogP contribution is 2.30. The average Bonchev–Trinajstić information content (AvgIpc) is 3.35. The summed E-state index contributed by atoms with van der Waals surface area (Å²) in [5.74, 6) is 0.261. The van der Waals surface area contributed by atoms with Gasteiger partial charge in [0.15, 0.2) is 0 Å². The standard InChI is InChI=1S/C25H24FN5O3/c1-3-30-14-20(21(32)19-9-4-15(2)27-22(19)30)25(33)31-12-10-17(11-13-31)24-29-28-23(34-24)16-5-7-18(26)8-6-16/h4-9,14,17H,3,10-13H2,1-2H3. The van der Waals surface area contributed by atoms with Gasteiger partial charge in [0.2, 0.25) is 17.2 Å². The van der Waals surface area contributed by atoms with Gasteiger partial charge < -0.3 is 13.9 Å². The van der Waals surface area contributed by atoms with E-state index in [1.807, 2.05) is 18.4 Å². The van der Waals surface area contributed by atoms with Gasteiger partial charge in [-0.05, 0) is 63.1 Å². The lowest BCUT2D eigenvalue weighted by Crippen LogP contribution is -2.40. The zero-order valence-electron chi connectivity index (χ0n) is 19.0. The van der Waals surface area contributed by atoms with E-state index in [2.05, 4.69) is 15.2 Å². The minimum atomic E-state index is -0.330. The smallest absolute Gasteiger partial charge is 0.259 e. The van der Waals surface area contributed by atoms with Crippen LogP contribution in [0.4, 0.5) is 4.39 Å². The molecule has 4 heterocycles. The number of nitrogens with zero attached hydrogens (tertiary/aromatic N) is 5. The van der Waals surface area contributed by atoms with Crippen molar-refractivity contribution in [2.75, 3.05) is 13.1 Å². The molecule has 0 bridgehead atoms. The maximum absolute atomic E-state index is 13.3. The van der Waals surface area contributed by atoms with Crippen LogP contribution in [0, 0.1) is 12.7 Å². The summed E-state index contributed by atoms with van der Waals surface area (Å²) in [4.78, 5) is 32.5. The number of aromatic nitrogens is 4. The number of fused-ring (bicyclic) bond motifs is 1. The summed E-state index contributed by atoms with van der Waals surface area (Å²) in [5, 5.41) is 8.71. The van der Waals surface area contributed by atoms with E-state index < -0.39 is 0 Å². The highest BCUT2D eigenvalue weighted by atomic mass is 19.1. The topological polar surface area (TPSA) is 94.1 Å². The van der Waals surface area contributed by atoms with E-state index in [1.54, 1.807) is 35.4 Å². The van der Waals surface area contributed by atoms with Gasteiger partial charge in [-0.15, -0.1) is 10.2 Å². The number of carbonyl (C=O) groups is 1. The van der Waals surface area contributed by atoms with Crippen LogP contribution in [0.1, 0.15) is 47.6 Å². The zero-order valence-corrected chi connectivity index (χ0v) is 19.0. The fourth-order valence-electron chi connectivity index (χ4n) is 4.36. The fourth-order valence-corrected chi connectivity index (χ4v) is 4.36. The normalized spacial score (nSPS) is 14.6. The fraction of sp³-hybridized carbons (Fsp3) is 0.320. The molecule has 0 spiro atoms. The number of likely N-dealkylation sites (tertiary alicyclic amines) is 1. The number of carbonyl (C=O) groups excluding carboxylic acids is 1. The van der Waals surface area contributed by atoms with Crippen LogP contribution in [-0.2, 0) is 6.54 Å². The van der Waals surface area contributed by atoms with Crippen LogP contribution < -0.4 is 5.43 Å². The number of hydrogen-bond donors (Lipinski definition) is 0. The second kappa shape index (κ2) is 8.81. The van der Waals surface area contributed by atoms with Crippen molar-refractivity contribution >= 4 is 16.9 Å². The Bertz CT molecular complexity index is 1420. The number of benzene rings is 1. The predicted molar refractivity (Wildman–Crippen MR) is 124 cm³/mol. The molecule has 0 aliphatic carbocycles. The molecule has 1 saturated heterocycles. The van der Waals surface area contributed by atoms with Crippen molar-refractivity contribution in [2.24, 2.45) is 0 Å².